The van der Waals surface area contributed by atoms with Crippen LogP contribution < -0.4 is 0 Å². The predicted molar refractivity (Wildman–Crippen MR) is 93.8 cm³/mol. The van der Waals surface area contributed by atoms with E-state index in [1.807, 2.05) is 36.4 Å². The van der Waals surface area contributed by atoms with Crippen molar-refractivity contribution in [1.29, 1.82) is 0 Å². The molecule has 2 aromatic rings. The standard InChI is InChI=1S/C21H28O/c1-3-5-13-18(12-4-2)21(22,19-14-8-6-9-15-19)20-16-10-7-11-17-20/h6-11,14-18,22H,3-5,12-13H2,1-2H3. The van der Waals surface area contributed by atoms with Crippen LogP contribution >= 0.6 is 0 Å². The molecule has 1 N–H and O–H groups in total. The average Bonchev–Trinajstić information content (AvgIpc) is 2.59. The maximum Gasteiger partial charge on any atom is 0.117 e. The first kappa shape index (κ1) is 16.8. The third-order valence-electron chi connectivity index (χ3n) is 4.56. The van der Waals surface area contributed by atoms with Gasteiger partial charge in [0.15, 0.2) is 0 Å². The molecule has 1 heteroatoms. The normalized spacial score (nSPS) is 13.0. The second-order valence-electron chi connectivity index (χ2n) is 6.13. The molecule has 0 amide bonds. The molecule has 0 spiro atoms. The van der Waals surface area contributed by atoms with Gasteiger partial charge in [0.2, 0.25) is 0 Å². The molecule has 0 aliphatic carbocycles. The second kappa shape index (κ2) is 8.14. The summed E-state index contributed by atoms with van der Waals surface area (Å²) >= 11 is 0. The molecule has 1 unspecified atom stereocenters. The average molecular weight is 296 g/mol. The fourth-order valence-corrected chi connectivity index (χ4v) is 3.38. The summed E-state index contributed by atoms with van der Waals surface area (Å²) in [5.74, 6) is 0.252. The minimum absolute atomic E-state index is 0.252. The summed E-state index contributed by atoms with van der Waals surface area (Å²) in [6.45, 7) is 4.42. The lowest BCUT2D eigenvalue weighted by molar-refractivity contribution is 0.00672. The SMILES string of the molecule is CCCCC(CCC)C(O)(c1ccccc1)c1ccccc1. The van der Waals surface area contributed by atoms with Crippen molar-refractivity contribution < 1.29 is 5.11 Å². The third kappa shape index (κ3) is 3.59. The summed E-state index contributed by atoms with van der Waals surface area (Å²) in [6.07, 6.45) is 5.52. The fraction of sp³-hybridized carbons (Fsp3) is 0.429. The van der Waals surface area contributed by atoms with Gasteiger partial charge in [-0.25, -0.2) is 0 Å². The molecule has 0 saturated carbocycles. The molecule has 0 aromatic heterocycles. The van der Waals surface area contributed by atoms with E-state index in [4.69, 9.17) is 0 Å². The minimum atomic E-state index is -0.895. The lowest BCUT2D eigenvalue weighted by atomic mass is 9.72. The quantitative estimate of drug-likeness (QED) is 0.679. The lowest BCUT2D eigenvalue weighted by Gasteiger charge is -2.37. The molecule has 0 bridgehead atoms. The molecule has 0 saturated heterocycles. The van der Waals surface area contributed by atoms with Crippen LogP contribution in [-0.4, -0.2) is 5.11 Å². The molecule has 118 valence electrons. The van der Waals surface area contributed by atoms with Gasteiger partial charge in [0.25, 0.3) is 0 Å². The van der Waals surface area contributed by atoms with Crippen LogP contribution in [0.5, 0.6) is 0 Å². The van der Waals surface area contributed by atoms with Crippen LogP contribution in [0, 0.1) is 5.92 Å². The number of unbranched alkanes of at least 4 members (excludes halogenated alkanes) is 1. The fourth-order valence-electron chi connectivity index (χ4n) is 3.38. The highest BCUT2D eigenvalue weighted by atomic mass is 16.3. The molecule has 0 radical (unpaired) electrons. The molecule has 1 atom stereocenters. The van der Waals surface area contributed by atoms with Gasteiger partial charge in [0.1, 0.15) is 5.60 Å². The number of hydrogen-bond donors (Lipinski definition) is 1. The van der Waals surface area contributed by atoms with Crippen molar-refractivity contribution in [2.75, 3.05) is 0 Å². The molecular weight excluding hydrogens is 268 g/mol. The van der Waals surface area contributed by atoms with Crippen LogP contribution in [0.25, 0.3) is 0 Å². The highest BCUT2D eigenvalue weighted by Crippen LogP contribution is 2.41. The summed E-state index contributed by atoms with van der Waals surface area (Å²) in [6, 6.07) is 20.3. The number of rotatable bonds is 8. The van der Waals surface area contributed by atoms with Crippen molar-refractivity contribution >= 4 is 0 Å². The van der Waals surface area contributed by atoms with Gasteiger partial charge < -0.3 is 5.11 Å². The van der Waals surface area contributed by atoms with Crippen LogP contribution in [0.15, 0.2) is 60.7 Å². The van der Waals surface area contributed by atoms with Crippen molar-refractivity contribution in [1.82, 2.24) is 0 Å². The van der Waals surface area contributed by atoms with E-state index in [1.54, 1.807) is 0 Å². The lowest BCUT2D eigenvalue weighted by Crippen LogP contribution is -2.36. The molecule has 2 rings (SSSR count). The van der Waals surface area contributed by atoms with Crippen LogP contribution in [0.1, 0.15) is 57.1 Å². The van der Waals surface area contributed by atoms with E-state index >= 15 is 0 Å². The first-order chi connectivity index (χ1) is 10.7. The smallest absolute Gasteiger partial charge is 0.117 e. The van der Waals surface area contributed by atoms with Gasteiger partial charge in [0, 0.05) is 0 Å². The van der Waals surface area contributed by atoms with Gasteiger partial charge in [-0.3, -0.25) is 0 Å². The zero-order valence-electron chi connectivity index (χ0n) is 13.8. The summed E-state index contributed by atoms with van der Waals surface area (Å²) in [5.41, 5.74) is 1.12. The molecule has 0 aliphatic heterocycles. The van der Waals surface area contributed by atoms with Gasteiger partial charge >= 0.3 is 0 Å². The summed E-state index contributed by atoms with van der Waals surface area (Å²) in [7, 11) is 0. The number of hydrogen-bond acceptors (Lipinski definition) is 1. The predicted octanol–water partition coefficient (Wildman–Crippen LogP) is 5.53. The van der Waals surface area contributed by atoms with Gasteiger partial charge in [-0.15, -0.1) is 0 Å². The van der Waals surface area contributed by atoms with Crippen molar-refractivity contribution in [3.63, 3.8) is 0 Å². The maximum atomic E-state index is 11.8. The highest BCUT2D eigenvalue weighted by Gasteiger charge is 2.38. The van der Waals surface area contributed by atoms with Crippen LogP contribution in [0.2, 0.25) is 0 Å². The third-order valence-corrected chi connectivity index (χ3v) is 4.56. The van der Waals surface area contributed by atoms with E-state index in [-0.39, 0.29) is 5.92 Å². The number of benzene rings is 2. The van der Waals surface area contributed by atoms with Gasteiger partial charge in [-0.1, -0.05) is 93.8 Å². The Morgan fingerprint density at radius 3 is 1.68 bits per heavy atom. The number of aliphatic hydroxyl groups is 1. The summed E-state index contributed by atoms with van der Waals surface area (Å²) < 4.78 is 0. The molecule has 2 aromatic carbocycles. The molecule has 1 nitrogen and oxygen atoms in total. The second-order valence-corrected chi connectivity index (χ2v) is 6.13. The van der Waals surface area contributed by atoms with Crippen LogP contribution in [0.4, 0.5) is 0 Å². The van der Waals surface area contributed by atoms with Crippen molar-refractivity contribution in [2.24, 2.45) is 5.92 Å². The maximum absolute atomic E-state index is 11.8. The molecule has 22 heavy (non-hydrogen) atoms. The first-order valence-corrected chi connectivity index (χ1v) is 8.56. The first-order valence-electron chi connectivity index (χ1n) is 8.56. The van der Waals surface area contributed by atoms with E-state index in [0.717, 1.165) is 36.8 Å². The molecule has 0 aliphatic rings. The Hall–Kier alpha value is -1.60. The van der Waals surface area contributed by atoms with E-state index < -0.39 is 5.60 Å². The monoisotopic (exact) mass is 296 g/mol. The molecule has 0 heterocycles. The largest absolute Gasteiger partial charge is 0.380 e. The topological polar surface area (TPSA) is 20.2 Å². The van der Waals surface area contributed by atoms with E-state index in [9.17, 15) is 5.11 Å². The van der Waals surface area contributed by atoms with Crippen molar-refractivity contribution in [3.05, 3.63) is 71.8 Å². The van der Waals surface area contributed by atoms with Crippen molar-refractivity contribution in [2.45, 2.75) is 51.6 Å². The Bertz CT molecular complexity index is 493. The van der Waals surface area contributed by atoms with E-state index in [1.165, 1.54) is 6.42 Å². The summed E-state index contributed by atoms with van der Waals surface area (Å²) in [4.78, 5) is 0. The van der Waals surface area contributed by atoms with Gasteiger partial charge in [-0.2, -0.15) is 0 Å². The van der Waals surface area contributed by atoms with Crippen LogP contribution in [-0.2, 0) is 5.60 Å². The Morgan fingerprint density at radius 1 is 0.773 bits per heavy atom. The Labute approximate surface area is 135 Å². The van der Waals surface area contributed by atoms with Gasteiger partial charge in [0.05, 0.1) is 0 Å². The van der Waals surface area contributed by atoms with Crippen LogP contribution in [0.3, 0.4) is 0 Å². The highest BCUT2D eigenvalue weighted by molar-refractivity contribution is 5.36. The minimum Gasteiger partial charge on any atom is -0.380 e. The molecule has 0 fully saturated rings. The van der Waals surface area contributed by atoms with E-state index in [2.05, 4.69) is 38.1 Å². The Morgan fingerprint density at radius 2 is 1.27 bits per heavy atom. The van der Waals surface area contributed by atoms with Crippen molar-refractivity contribution in [3.8, 4) is 0 Å². The summed E-state index contributed by atoms with van der Waals surface area (Å²) in [5, 5.41) is 11.8. The van der Waals surface area contributed by atoms with E-state index in [0.29, 0.717) is 0 Å². The Balaban J connectivity index is 2.48. The zero-order chi connectivity index (χ0) is 15.8. The Kier molecular flexibility index (Phi) is 6.21. The molecular formula is C21H28O. The van der Waals surface area contributed by atoms with Gasteiger partial charge in [-0.05, 0) is 29.9 Å². The zero-order valence-corrected chi connectivity index (χ0v) is 13.8.